The van der Waals surface area contributed by atoms with Crippen LogP contribution in [-0.4, -0.2) is 49.4 Å². The van der Waals surface area contributed by atoms with Crippen molar-refractivity contribution in [2.24, 2.45) is 11.7 Å². The number of aliphatic hydroxyl groups excluding tert-OH is 1. The van der Waals surface area contributed by atoms with Gasteiger partial charge in [-0.2, -0.15) is 0 Å². The SMILES string of the molecule is CC(=O)C1=C(O)[C@@]2(O)C(=O)c3c(c(C)c4ccc(C)c(O)c4c3O)C[C@@H]2[C@H](N)C1=O. The minimum Gasteiger partial charge on any atom is -0.508 e. The Morgan fingerprint density at radius 2 is 1.77 bits per heavy atom. The van der Waals surface area contributed by atoms with Crippen LogP contribution in [0.15, 0.2) is 23.5 Å². The summed E-state index contributed by atoms with van der Waals surface area (Å²) in [7, 11) is 0. The summed E-state index contributed by atoms with van der Waals surface area (Å²) < 4.78 is 0. The van der Waals surface area contributed by atoms with Gasteiger partial charge in [0.25, 0.3) is 0 Å². The number of aromatic hydroxyl groups is 2. The molecule has 0 fully saturated rings. The summed E-state index contributed by atoms with van der Waals surface area (Å²) in [6.45, 7) is 4.35. The number of carbonyl (C=O) groups excluding carboxylic acids is 3. The van der Waals surface area contributed by atoms with Crippen molar-refractivity contribution in [3.63, 3.8) is 0 Å². The van der Waals surface area contributed by atoms with Gasteiger partial charge in [-0.25, -0.2) is 0 Å². The molecule has 0 radical (unpaired) electrons. The molecule has 4 rings (SSSR count). The van der Waals surface area contributed by atoms with Crippen molar-refractivity contribution in [1.82, 2.24) is 0 Å². The maximum atomic E-state index is 13.5. The molecule has 8 heteroatoms. The molecule has 3 atom stereocenters. The largest absolute Gasteiger partial charge is 0.508 e. The lowest BCUT2D eigenvalue weighted by molar-refractivity contribution is -0.127. The van der Waals surface area contributed by atoms with Crippen LogP contribution in [0.3, 0.4) is 0 Å². The molecule has 0 heterocycles. The van der Waals surface area contributed by atoms with Gasteiger partial charge in [-0.3, -0.25) is 14.4 Å². The lowest BCUT2D eigenvalue weighted by atomic mass is 9.61. The Morgan fingerprint density at radius 3 is 2.37 bits per heavy atom. The number of aliphatic hydroxyl groups is 2. The number of aryl methyl sites for hydroxylation is 2. The molecular formula is C22H21NO7. The lowest BCUT2D eigenvalue weighted by Gasteiger charge is -2.45. The van der Waals surface area contributed by atoms with Crippen molar-refractivity contribution < 1.29 is 34.8 Å². The Labute approximate surface area is 171 Å². The van der Waals surface area contributed by atoms with E-state index in [0.29, 0.717) is 22.1 Å². The summed E-state index contributed by atoms with van der Waals surface area (Å²) in [6, 6.07) is 1.97. The van der Waals surface area contributed by atoms with Gasteiger partial charge in [0, 0.05) is 5.92 Å². The van der Waals surface area contributed by atoms with E-state index >= 15 is 0 Å². The third kappa shape index (κ3) is 2.20. The molecule has 2 aromatic carbocycles. The molecular weight excluding hydrogens is 390 g/mol. The number of hydrogen-bond acceptors (Lipinski definition) is 8. The molecule has 0 bridgehead atoms. The van der Waals surface area contributed by atoms with Gasteiger partial charge in [0.1, 0.15) is 22.8 Å². The van der Waals surface area contributed by atoms with Gasteiger partial charge in [0.05, 0.1) is 17.0 Å². The topological polar surface area (TPSA) is 158 Å². The molecule has 0 aromatic heterocycles. The Balaban J connectivity index is 2.11. The third-order valence-corrected chi connectivity index (χ3v) is 6.48. The van der Waals surface area contributed by atoms with E-state index in [0.717, 1.165) is 6.92 Å². The first-order valence-corrected chi connectivity index (χ1v) is 9.42. The van der Waals surface area contributed by atoms with Crippen molar-refractivity contribution >= 4 is 28.1 Å². The minimum absolute atomic E-state index is 0.0492. The van der Waals surface area contributed by atoms with Gasteiger partial charge in [-0.15, -0.1) is 0 Å². The zero-order valence-corrected chi connectivity index (χ0v) is 16.6. The summed E-state index contributed by atoms with van der Waals surface area (Å²) in [5.74, 6) is -5.76. The Hall–Kier alpha value is -3.23. The second kappa shape index (κ2) is 6.13. The van der Waals surface area contributed by atoms with Crippen molar-refractivity contribution in [3.05, 3.63) is 45.7 Å². The summed E-state index contributed by atoms with van der Waals surface area (Å²) in [5, 5.41) is 43.9. The molecule has 2 aliphatic rings. The second-order valence-electron chi connectivity index (χ2n) is 8.06. The minimum atomic E-state index is -2.64. The molecule has 8 nitrogen and oxygen atoms in total. The Kier molecular flexibility index (Phi) is 4.10. The van der Waals surface area contributed by atoms with Crippen LogP contribution in [0.4, 0.5) is 0 Å². The third-order valence-electron chi connectivity index (χ3n) is 6.48. The van der Waals surface area contributed by atoms with E-state index in [1.165, 1.54) is 0 Å². The number of phenolic OH excluding ortho intramolecular Hbond substituents is 2. The first-order valence-electron chi connectivity index (χ1n) is 9.42. The molecule has 0 spiro atoms. The number of hydrogen-bond donors (Lipinski definition) is 5. The molecule has 6 N–H and O–H groups in total. The first-order chi connectivity index (χ1) is 13.9. The zero-order valence-electron chi connectivity index (χ0n) is 16.6. The van der Waals surface area contributed by atoms with Gasteiger partial charge < -0.3 is 26.2 Å². The zero-order chi connectivity index (χ0) is 22.3. The van der Waals surface area contributed by atoms with Gasteiger partial charge in [-0.05, 0) is 49.3 Å². The average molecular weight is 411 g/mol. The van der Waals surface area contributed by atoms with E-state index in [1.807, 2.05) is 0 Å². The number of phenols is 2. The predicted molar refractivity (Wildman–Crippen MR) is 107 cm³/mol. The van der Waals surface area contributed by atoms with Crippen LogP contribution in [0, 0.1) is 19.8 Å². The van der Waals surface area contributed by atoms with E-state index in [1.54, 1.807) is 26.0 Å². The Bertz CT molecular complexity index is 1230. The fraction of sp³-hybridized carbons (Fsp3) is 0.318. The van der Waals surface area contributed by atoms with Crippen LogP contribution in [0.5, 0.6) is 11.5 Å². The fourth-order valence-electron chi connectivity index (χ4n) is 4.76. The fourth-order valence-corrected chi connectivity index (χ4v) is 4.76. The number of nitrogens with two attached hydrogens (primary N) is 1. The van der Waals surface area contributed by atoms with E-state index in [4.69, 9.17) is 5.73 Å². The molecule has 0 amide bonds. The molecule has 0 unspecified atom stereocenters. The summed E-state index contributed by atoms with van der Waals surface area (Å²) in [5.41, 5.74) is 3.80. The maximum absolute atomic E-state index is 13.5. The van der Waals surface area contributed by atoms with Crippen LogP contribution in [0.2, 0.25) is 0 Å². The number of Topliss-reactive ketones (excluding diaryl/α,β-unsaturated/α-hetero) is 3. The smallest absolute Gasteiger partial charge is 0.206 e. The first kappa shape index (κ1) is 20.1. The Morgan fingerprint density at radius 1 is 1.13 bits per heavy atom. The predicted octanol–water partition coefficient (Wildman–Crippen LogP) is 1.27. The number of fused-ring (bicyclic) bond motifs is 3. The van der Waals surface area contributed by atoms with Gasteiger partial charge in [0.2, 0.25) is 5.78 Å². The highest BCUT2D eigenvalue weighted by Gasteiger charge is 2.60. The van der Waals surface area contributed by atoms with Crippen LogP contribution in [0.1, 0.15) is 34.0 Å². The lowest BCUT2D eigenvalue weighted by Crippen LogP contribution is -2.63. The molecule has 2 aromatic rings. The van der Waals surface area contributed by atoms with Crippen molar-refractivity contribution in [1.29, 1.82) is 0 Å². The molecule has 0 saturated heterocycles. The number of ketones is 3. The van der Waals surface area contributed by atoms with Crippen molar-refractivity contribution in [3.8, 4) is 11.5 Å². The molecule has 156 valence electrons. The summed E-state index contributed by atoms with van der Waals surface area (Å²) in [6.07, 6.45) is -0.0936. The van der Waals surface area contributed by atoms with Gasteiger partial charge >= 0.3 is 0 Å². The van der Waals surface area contributed by atoms with Crippen LogP contribution >= 0.6 is 0 Å². The van der Waals surface area contributed by atoms with E-state index in [9.17, 15) is 34.8 Å². The average Bonchev–Trinajstić information content (AvgIpc) is 2.68. The normalized spacial score (nSPS) is 26.0. The van der Waals surface area contributed by atoms with Crippen LogP contribution in [-0.2, 0) is 16.0 Å². The van der Waals surface area contributed by atoms with Crippen LogP contribution in [0.25, 0.3) is 10.8 Å². The second-order valence-corrected chi connectivity index (χ2v) is 8.06. The molecule has 2 aliphatic carbocycles. The van der Waals surface area contributed by atoms with Crippen molar-refractivity contribution in [2.75, 3.05) is 0 Å². The van der Waals surface area contributed by atoms with Gasteiger partial charge in [0.15, 0.2) is 17.2 Å². The highest BCUT2D eigenvalue weighted by molar-refractivity contribution is 6.25. The highest BCUT2D eigenvalue weighted by atomic mass is 16.3. The van der Waals surface area contributed by atoms with Crippen molar-refractivity contribution in [2.45, 2.75) is 38.8 Å². The van der Waals surface area contributed by atoms with Crippen LogP contribution < -0.4 is 5.73 Å². The van der Waals surface area contributed by atoms with E-state index < -0.39 is 52.0 Å². The maximum Gasteiger partial charge on any atom is 0.206 e. The van der Waals surface area contributed by atoms with E-state index in [-0.39, 0.29) is 23.1 Å². The molecule has 0 saturated carbocycles. The number of benzene rings is 2. The number of carbonyl (C=O) groups is 3. The standard InChI is InChI=1S/C22H21NO7/c1-7-4-5-10-8(2)11-6-12-16(23)19(27)13(9(3)24)20(28)22(12,30)21(29)15(11)18(26)14(10)17(7)25/h4-5,12,16,25-26,28,30H,6,23H2,1-3H3/t12-,16+,22-/m1/s1. The summed E-state index contributed by atoms with van der Waals surface area (Å²) in [4.78, 5) is 37.9. The monoisotopic (exact) mass is 411 g/mol. The summed E-state index contributed by atoms with van der Waals surface area (Å²) >= 11 is 0. The number of rotatable bonds is 1. The van der Waals surface area contributed by atoms with E-state index in [2.05, 4.69) is 0 Å². The highest BCUT2D eigenvalue weighted by Crippen LogP contribution is 2.50. The van der Waals surface area contributed by atoms with Gasteiger partial charge in [-0.1, -0.05) is 12.1 Å². The molecule has 0 aliphatic heterocycles. The molecule has 30 heavy (non-hydrogen) atoms. The quantitative estimate of drug-likeness (QED) is 0.439.